The van der Waals surface area contributed by atoms with Crippen molar-refractivity contribution in [1.29, 1.82) is 0 Å². The highest BCUT2D eigenvalue weighted by Gasteiger charge is 2.17. The minimum absolute atomic E-state index is 0.176. The lowest BCUT2D eigenvalue weighted by atomic mass is 9.95. The largest absolute Gasteiger partial charge is 0.467 e. The fraction of sp³-hybridized carbons (Fsp3) is 0.237. The molecule has 0 aliphatic heterocycles. The van der Waals surface area contributed by atoms with Gasteiger partial charge in [-0.25, -0.2) is 4.79 Å². The third-order valence-electron chi connectivity index (χ3n) is 8.27. The van der Waals surface area contributed by atoms with E-state index in [1.165, 1.54) is 43.2 Å². The molecule has 0 atom stereocenters. The molecular formula is C38H39N3O2. The summed E-state index contributed by atoms with van der Waals surface area (Å²) in [6.45, 7) is 1.76. The Bertz CT molecular complexity index is 1560. The van der Waals surface area contributed by atoms with Crippen LogP contribution in [0.15, 0.2) is 126 Å². The van der Waals surface area contributed by atoms with Crippen molar-refractivity contribution in [2.45, 2.75) is 57.8 Å². The minimum Gasteiger partial charge on any atom is -0.467 e. The molecule has 1 heterocycles. The van der Waals surface area contributed by atoms with Crippen molar-refractivity contribution in [3.8, 4) is 22.3 Å². The fourth-order valence-electron chi connectivity index (χ4n) is 5.78. The van der Waals surface area contributed by atoms with Gasteiger partial charge in [0.15, 0.2) is 0 Å². The van der Waals surface area contributed by atoms with Crippen molar-refractivity contribution < 1.29 is 9.21 Å². The molecule has 1 saturated carbocycles. The first kappa shape index (κ1) is 28.5. The van der Waals surface area contributed by atoms with Crippen LogP contribution in [-0.4, -0.2) is 17.0 Å². The van der Waals surface area contributed by atoms with Gasteiger partial charge < -0.3 is 20.0 Å². The molecule has 1 aromatic heterocycles. The van der Waals surface area contributed by atoms with Gasteiger partial charge in [0.25, 0.3) is 0 Å². The summed E-state index contributed by atoms with van der Waals surface area (Å²) in [6.07, 6.45) is 8.31. The van der Waals surface area contributed by atoms with Crippen molar-refractivity contribution in [1.82, 2.24) is 10.2 Å². The maximum Gasteiger partial charge on any atom is 0.322 e. The molecule has 5 nitrogen and oxygen atoms in total. The highest BCUT2D eigenvalue weighted by Crippen LogP contribution is 2.24. The zero-order valence-corrected chi connectivity index (χ0v) is 24.5. The molecule has 1 aliphatic carbocycles. The van der Waals surface area contributed by atoms with Crippen LogP contribution in [0.2, 0.25) is 0 Å². The van der Waals surface area contributed by atoms with E-state index in [4.69, 9.17) is 4.42 Å². The summed E-state index contributed by atoms with van der Waals surface area (Å²) in [6, 6.07) is 39.7. The SMILES string of the molecule is O=C(Nc1ccc(-c2ccccc2)cc1)N(Cc1ccc(-c2ccc(CNC3CCCCC3)cc2)cc1)Cc1ccco1. The van der Waals surface area contributed by atoms with Crippen molar-refractivity contribution >= 4 is 11.7 Å². The molecule has 6 rings (SSSR count). The average molecular weight is 570 g/mol. The first-order chi connectivity index (χ1) is 21.2. The molecule has 1 fully saturated rings. The summed E-state index contributed by atoms with van der Waals surface area (Å²) in [5.41, 5.74) is 7.73. The Labute approximate surface area is 254 Å². The Morgan fingerprint density at radius 3 is 1.88 bits per heavy atom. The standard InChI is InChI=1S/C38H39N3O2/c42-38(40-36-23-21-34(22-24-36)31-8-3-1-4-9-31)41(28-37-12-7-25-43-37)27-30-15-19-33(20-16-30)32-17-13-29(14-18-32)26-39-35-10-5-2-6-11-35/h1,3-4,7-9,12-25,35,39H,2,5-6,10-11,26-28H2,(H,40,42). The summed E-state index contributed by atoms with van der Waals surface area (Å²) < 4.78 is 5.58. The molecule has 43 heavy (non-hydrogen) atoms. The second-order valence-electron chi connectivity index (χ2n) is 11.4. The van der Waals surface area contributed by atoms with Crippen LogP contribution in [0.5, 0.6) is 0 Å². The zero-order chi connectivity index (χ0) is 29.3. The molecular weight excluding hydrogens is 530 g/mol. The number of furan rings is 1. The highest BCUT2D eigenvalue weighted by atomic mass is 16.3. The van der Waals surface area contributed by atoms with Crippen molar-refractivity contribution in [3.63, 3.8) is 0 Å². The molecule has 2 amide bonds. The number of rotatable bonds is 10. The molecule has 0 spiro atoms. The molecule has 1 aliphatic rings. The van der Waals surface area contributed by atoms with Crippen molar-refractivity contribution in [3.05, 3.63) is 138 Å². The number of hydrogen-bond donors (Lipinski definition) is 2. The molecule has 5 heteroatoms. The van der Waals surface area contributed by atoms with Crippen LogP contribution in [-0.2, 0) is 19.6 Å². The van der Waals surface area contributed by atoms with Crippen molar-refractivity contribution in [2.24, 2.45) is 0 Å². The van der Waals surface area contributed by atoms with Crippen LogP contribution in [0.3, 0.4) is 0 Å². The van der Waals surface area contributed by atoms with Gasteiger partial charge in [-0.15, -0.1) is 0 Å². The second-order valence-corrected chi connectivity index (χ2v) is 11.4. The lowest BCUT2D eigenvalue weighted by Gasteiger charge is -2.23. The van der Waals surface area contributed by atoms with E-state index in [2.05, 4.69) is 71.3 Å². The Balaban J connectivity index is 1.09. The van der Waals surface area contributed by atoms with Gasteiger partial charge in [0.2, 0.25) is 0 Å². The third-order valence-corrected chi connectivity index (χ3v) is 8.27. The number of hydrogen-bond acceptors (Lipinski definition) is 3. The molecule has 0 radical (unpaired) electrons. The smallest absolute Gasteiger partial charge is 0.322 e. The molecule has 0 saturated heterocycles. The second kappa shape index (κ2) is 14.0. The Kier molecular flexibility index (Phi) is 9.31. The predicted octanol–water partition coefficient (Wildman–Crippen LogP) is 9.27. The van der Waals surface area contributed by atoms with Crippen LogP contribution >= 0.6 is 0 Å². The van der Waals surface area contributed by atoms with E-state index in [0.29, 0.717) is 19.1 Å². The topological polar surface area (TPSA) is 57.5 Å². The molecule has 218 valence electrons. The monoisotopic (exact) mass is 569 g/mol. The van der Waals surface area contributed by atoms with Gasteiger partial charge in [-0.3, -0.25) is 0 Å². The number of nitrogens with one attached hydrogen (secondary N) is 2. The third kappa shape index (κ3) is 7.82. The van der Waals surface area contributed by atoms with Gasteiger partial charge in [0.05, 0.1) is 12.8 Å². The number of anilines is 1. The van der Waals surface area contributed by atoms with Gasteiger partial charge >= 0.3 is 6.03 Å². The number of nitrogens with zero attached hydrogens (tertiary/aromatic N) is 1. The fourth-order valence-corrected chi connectivity index (χ4v) is 5.78. The molecule has 0 unspecified atom stereocenters. The van der Waals surface area contributed by atoms with Crippen LogP contribution in [0.4, 0.5) is 10.5 Å². The van der Waals surface area contributed by atoms with E-state index in [1.807, 2.05) is 54.6 Å². The summed E-state index contributed by atoms with van der Waals surface area (Å²) in [7, 11) is 0. The van der Waals surface area contributed by atoms with E-state index in [-0.39, 0.29) is 6.03 Å². The van der Waals surface area contributed by atoms with Crippen LogP contribution in [0, 0.1) is 0 Å². The molecule has 2 N–H and O–H groups in total. The van der Waals surface area contributed by atoms with Gasteiger partial charge in [0.1, 0.15) is 5.76 Å². The number of urea groups is 1. The quantitative estimate of drug-likeness (QED) is 0.176. The van der Waals surface area contributed by atoms with E-state index >= 15 is 0 Å². The van der Waals surface area contributed by atoms with Gasteiger partial charge in [-0.2, -0.15) is 0 Å². The van der Waals surface area contributed by atoms with Gasteiger partial charge in [-0.1, -0.05) is 110 Å². The Morgan fingerprint density at radius 2 is 1.26 bits per heavy atom. The lowest BCUT2D eigenvalue weighted by molar-refractivity contribution is 0.201. The highest BCUT2D eigenvalue weighted by molar-refractivity contribution is 5.89. The number of carbonyl (C=O) groups is 1. The summed E-state index contributed by atoms with van der Waals surface area (Å²) in [5.74, 6) is 0.740. The summed E-state index contributed by atoms with van der Waals surface area (Å²) in [5, 5.41) is 6.79. The lowest BCUT2D eigenvalue weighted by Crippen LogP contribution is -2.33. The summed E-state index contributed by atoms with van der Waals surface area (Å²) in [4.78, 5) is 15.2. The van der Waals surface area contributed by atoms with Crippen LogP contribution in [0.25, 0.3) is 22.3 Å². The Morgan fingerprint density at radius 1 is 0.651 bits per heavy atom. The normalized spacial score (nSPS) is 13.5. The Hall–Kier alpha value is -4.61. The average Bonchev–Trinajstić information content (AvgIpc) is 3.59. The predicted molar refractivity (Wildman–Crippen MR) is 174 cm³/mol. The number of amides is 2. The minimum atomic E-state index is -0.176. The summed E-state index contributed by atoms with van der Waals surface area (Å²) >= 11 is 0. The molecule has 0 bridgehead atoms. The van der Waals surface area contributed by atoms with Gasteiger partial charge in [0, 0.05) is 24.8 Å². The number of carbonyl (C=O) groups excluding carboxylic acids is 1. The first-order valence-electron chi connectivity index (χ1n) is 15.3. The van der Waals surface area contributed by atoms with E-state index in [1.54, 1.807) is 11.2 Å². The number of benzene rings is 4. The van der Waals surface area contributed by atoms with Crippen LogP contribution in [0.1, 0.15) is 49.0 Å². The van der Waals surface area contributed by atoms with E-state index in [9.17, 15) is 4.79 Å². The van der Waals surface area contributed by atoms with Gasteiger partial charge in [-0.05, 0) is 70.5 Å². The zero-order valence-electron chi connectivity index (χ0n) is 24.5. The first-order valence-corrected chi connectivity index (χ1v) is 15.3. The maximum absolute atomic E-state index is 13.4. The maximum atomic E-state index is 13.4. The molecule has 4 aromatic carbocycles. The van der Waals surface area contributed by atoms with Crippen LogP contribution < -0.4 is 10.6 Å². The van der Waals surface area contributed by atoms with E-state index in [0.717, 1.165) is 40.2 Å². The van der Waals surface area contributed by atoms with E-state index < -0.39 is 0 Å². The van der Waals surface area contributed by atoms with Crippen molar-refractivity contribution in [2.75, 3.05) is 5.32 Å². The molecule has 5 aromatic rings.